The highest BCUT2D eigenvalue weighted by molar-refractivity contribution is 7.71. The molecule has 2 aliphatic rings. The van der Waals surface area contributed by atoms with Gasteiger partial charge in [0.1, 0.15) is 4.83 Å². The zero-order valence-corrected chi connectivity index (χ0v) is 13.7. The predicted molar refractivity (Wildman–Crippen MR) is 86.9 cm³/mol. The summed E-state index contributed by atoms with van der Waals surface area (Å²) in [6, 6.07) is 0. The minimum atomic E-state index is -0.196. The van der Waals surface area contributed by atoms with Gasteiger partial charge < -0.3 is 9.72 Å². The van der Waals surface area contributed by atoms with E-state index < -0.39 is 0 Å². The molecule has 0 amide bonds. The Morgan fingerprint density at radius 1 is 1.38 bits per heavy atom. The second kappa shape index (κ2) is 4.76. The maximum Gasteiger partial charge on any atom is 0.263 e. The topological polar surface area (TPSA) is 47.0 Å². The number of aromatic nitrogens is 2. The van der Waals surface area contributed by atoms with Crippen LogP contribution in [0.2, 0.25) is 0 Å². The lowest BCUT2D eigenvalue weighted by atomic mass is 9.80. The number of hydrogen-bond donors (Lipinski definition) is 1. The number of aryl methyl sites for hydroxylation is 2. The summed E-state index contributed by atoms with van der Waals surface area (Å²) in [5.41, 5.74) is 1.12. The largest absolute Gasteiger partial charge is 0.376 e. The molecule has 0 bridgehead atoms. The Kier molecular flexibility index (Phi) is 3.10. The maximum atomic E-state index is 12.9. The standard InChI is InChI=1S/C15H18N2O2S2/c1-19-15(6-3-7-15)8-17-13(18)11-9-4-2-5-10(9)21-12(11)16-14(17)20/h2-8H2,1H3,(H,16,20). The Balaban J connectivity index is 1.89. The fourth-order valence-corrected chi connectivity index (χ4v) is 5.13. The van der Waals surface area contributed by atoms with Crippen molar-refractivity contribution in [3.63, 3.8) is 0 Å². The molecule has 0 radical (unpaired) electrons. The van der Waals surface area contributed by atoms with Crippen molar-refractivity contribution in [2.75, 3.05) is 7.11 Å². The Labute approximate surface area is 131 Å². The summed E-state index contributed by atoms with van der Waals surface area (Å²) in [6.07, 6.45) is 6.44. The summed E-state index contributed by atoms with van der Waals surface area (Å²) < 4.78 is 7.89. The van der Waals surface area contributed by atoms with Gasteiger partial charge in [0.25, 0.3) is 5.56 Å². The van der Waals surface area contributed by atoms with Gasteiger partial charge in [0, 0.05) is 12.0 Å². The highest BCUT2D eigenvalue weighted by Crippen LogP contribution is 2.37. The molecular formula is C15H18N2O2S2. The van der Waals surface area contributed by atoms with E-state index in [4.69, 9.17) is 17.0 Å². The van der Waals surface area contributed by atoms with Gasteiger partial charge in [-0.05, 0) is 56.3 Å². The van der Waals surface area contributed by atoms with E-state index >= 15 is 0 Å². The number of hydrogen-bond acceptors (Lipinski definition) is 4. The average molecular weight is 322 g/mol. The van der Waals surface area contributed by atoms with Gasteiger partial charge in [-0.3, -0.25) is 9.36 Å². The normalized spacial score (nSPS) is 19.7. The number of thiophene rings is 1. The number of fused-ring (bicyclic) bond motifs is 3. The number of H-pyrrole nitrogens is 1. The average Bonchev–Trinajstić information content (AvgIpc) is 2.97. The lowest BCUT2D eigenvalue weighted by molar-refractivity contribution is -0.0844. The molecule has 0 unspecified atom stereocenters. The minimum Gasteiger partial charge on any atom is -0.376 e. The molecule has 0 aromatic carbocycles. The van der Waals surface area contributed by atoms with Gasteiger partial charge in [0.15, 0.2) is 4.77 Å². The van der Waals surface area contributed by atoms with Crippen molar-refractivity contribution in [1.82, 2.24) is 9.55 Å². The van der Waals surface area contributed by atoms with Gasteiger partial charge in [-0.2, -0.15) is 0 Å². The fraction of sp³-hybridized carbons (Fsp3) is 0.600. The number of nitrogens with one attached hydrogen (secondary N) is 1. The Morgan fingerprint density at radius 2 is 2.19 bits per heavy atom. The molecule has 4 nitrogen and oxygen atoms in total. The molecule has 2 aliphatic carbocycles. The first-order valence-electron chi connectivity index (χ1n) is 7.46. The van der Waals surface area contributed by atoms with E-state index in [1.54, 1.807) is 23.0 Å². The van der Waals surface area contributed by atoms with Gasteiger partial charge in [-0.25, -0.2) is 0 Å². The number of rotatable bonds is 3. The summed E-state index contributed by atoms with van der Waals surface area (Å²) in [5, 5.41) is 0.867. The van der Waals surface area contributed by atoms with Gasteiger partial charge in [-0.1, -0.05) is 0 Å². The Morgan fingerprint density at radius 3 is 2.86 bits per heavy atom. The molecule has 0 saturated heterocycles. The molecule has 0 atom stereocenters. The van der Waals surface area contributed by atoms with Crippen LogP contribution < -0.4 is 5.56 Å². The first-order chi connectivity index (χ1) is 10.1. The lowest BCUT2D eigenvalue weighted by Gasteiger charge is -2.40. The third-order valence-electron chi connectivity index (χ3n) is 4.99. The van der Waals surface area contributed by atoms with Crippen LogP contribution in [-0.2, 0) is 24.1 Å². The van der Waals surface area contributed by atoms with Crippen LogP contribution in [0, 0.1) is 4.77 Å². The van der Waals surface area contributed by atoms with E-state index in [0.29, 0.717) is 11.3 Å². The lowest BCUT2D eigenvalue weighted by Crippen LogP contribution is -2.45. The van der Waals surface area contributed by atoms with Crippen LogP contribution >= 0.6 is 23.6 Å². The van der Waals surface area contributed by atoms with Crippen LogP contribution in [0.1, 0.15) is 36.1 Å². The van der Waals surface area contributed by atoms with Crippen molar-refractivity contribution in [3.8, 4) is 0 Å². The SMILES string of the molecule is COC1(Cn2c(=S)[nH]c3sc4c(c3c2=O)CCC4)CCC1. The molecule has 0 spiro atoms. The Bertz CT molecular complexity index is 821. The third kappa shape index (κ3) is 1.96. The Hall–Kier alpha value is -0.980. The molecule has 1 N–H and O–H groups in total. The van der Waals surface area contributed by atoms with Gasteiger partial charge in [0.2, 0.25) is 0 Å². The monoisotopic (exact) mass is 322 g/mol. The van der Waals surface area contributed by atoms with Gasteiger partial charge in [0.05, 0.1) is 17.5 Å². The van der Waals surface area contributed by atoms with Crippen molar-refractivity contribution in [1.29, 1.82) is 0 Å². The molecule has 2 aromatic rings. The first kappa shape index (κ1) is 13.7. The highest BCUT2D eigenvalue weighted by Gasteiger charge is 2.38. The summed E-state index contributed by atoms with van der Waals surface area (Å²) >= 11 is 7.12. The van der Waals surface area contributed by atoms with Crippen molar-refractivity contribution in [3.05, 3.63) is 25.6 Å². The summed E-state index contributed by atoms with van der Waals surface area (Å²) in [7, 11) is 1.73. The molecule has 1 saturated carbocycles. The van der Waals surface area contributed by atoms with Crippen LogP contribution in [0.15, 0.2) is 4.79 Å². The third-order valence-corrected chi connectivity index (χ3v) is 6.52. The van der Waals surface area contributed by atoms with Gasteiger partial charge >= 0.3 is 0 Å². The van der Waals surface area contributed by atoms with E-state index in [-0.39, 0.29) is 11.2 Å². The smallest absolute Gasteiger partial charge is 0.263 e. The molecule has 0 aliphatic heterocycles. The molecule has 1 fully saturated rings. The maximum absolute atomic E-state index is 12.9. The molecule has 2 aromatic heterocycles. The van der Waals surface area contributed by atoms with E-state index in [9.17, 15) is 4.79 Å². The molecule has 2 heterocycles. The summed E-state index contributed by atoms with van der Waals surface area (Å²) in [6.45, 7) is 0.568. The van der Waals surface area contributed by atoms with Crippen molar-refractivity contribution in [2.24, 2.45) is 0 Å². The molecular weight excluding hydrogens is 304 g/mol. The second-order valence-electron chi connectivity index (χ2n) is 6.12. The number of nitrogens with zero attached hydrogens (tertiary/aromatic N) is 1. The van der Waals surface area contributed by atoms with E-state index in [2.05, 4.69) is 4.98 Å². The van der Waals surface area contributed by atoms with Crippen molar-refractivity contribution < 1.29 is 4.74 Å². The predicted octanol–water partition coefficient (Wildman–Crippen LogP) is 3.18. The van der Waals surface area contributed by atoms with Crippen molar-refractivity contribution in [2.45, 2.75) is 50.7 Å². The van der Waals surface area contributed by atoms with Crippen LogP contribution in [0.5, 0.6) is 0 Å². The molecule has 4 rings (SSSR count). The number of methoxy groups -OCH3 is 1. The fourth-order valence-electron chi connectivity index (χ4n) is 3.54. The molecule has 6 heteroatoms. The summed E-state index contributed by atoms with van der Waals surface area (Å²) in [4.78, 5) is 18.5. The molecule has 21 heavy (non-hydrogen) atoms. The molecule has 112 valence electrons. The van der Waals surface area contributed by atoms with Crippen molar-refractivity contribution >= 4 is 33.8 Å². The van der Waals surface area contributed by atoms with Crippen LogP contribution in [0.3, 0.4) is 0 Å². The number of ether oxygens (including phenoxy) is 1. The van der Waals surface area contributed by atoms with E-state index in [0.717, 1.165) is 48.7 Å². The van der Waals surface area contributed by atoms with Crippen LogP contribution in [0.25, 0.3) is 10.2 Å². The van der Waals surface area contributed by atoms with Crippen LogP contribution in [-0.4, -0.2) is 22.3 Å². The zero-order chi connectivity index (χ0) is 14.6. The van der Waals surface area contributed by atoms with Gasteiger partial charge in [-0.15, -0.1) is 11.3 Å². The second-order valence-corrected chi connectivity index (χ2v) is 7.62. The zero-order valence-electron chi connectivity index (χ0n) is 12.0. The van der Waals surface area contributed by atoms with Crippen LogP contribution in [0.4, 0.5) is 0 Å². The van der Waals surface area contributed by atoms with E-state index in [1.807, 2.05) is 0 Å². The quantitative estimate of drug-likeness (QED) is 0.883. The minimum absolute atomic E-state index is 0.0662. The first-order valence-corrected chi connectivity index (χ1v) is 8.68. The highest BCUT2D eigenvalue weighted by atomic mass is 32.1. The number of aromatic amines is 1. The summed E-state index contributed by atoms with van der Waals surface area (Å²) in [5.74, 6) is 0. The van der Waals surface area contributed by atoms with E-state index in [1.165, 1.54) is 10.4 Å².